The van der Waals surface area contributed by atoms with Crippen molar-refractivity contribution in [2.75, 3.05) is 18.8 Å². The molecule has 0 aromatic carbocycles. The number of hydrogen-bond donors (Lipinski definition) is 1. The number of rotatable bonds is 6. The van der Waals surface area contributed by atoms with E-state index in [1.807, 2.05) is 18.2 Å². The van der Waals surface area contributed by atoms with E-state index in [1.54, 1.807) is 23.0 Å². The molecule has 0 saturated carbocycles. The normalized spacial score (nSPS) is 10.9. The Morgan fingerprint density at radius 1 is 1.30 bits per heavy atom. The third kappa shape index (κ3) is 3.93. The van der Waals surface area contributed by atoms with Crippen molar-refractivity contribution in [1.29, 1.82) is 0 Å². The van der Waals surface area contributed by atoms with Gasteiger partial charge < -0.3 is 10.3 Å². The van der Waals surface area contributed by atoms with E-state index in [-0.39, 0.29) is 5.56 Å². The predicted octanol–water partition coefficient (Wildman–Crippen LogP) is 1.35. The largest absolute Gasteiger partial charge is 0.398 e. The van der Waals surface area contributed by atoms with Crippen LogP contribution in [0.2, 0.25) is 0 Å². The molecule has 0 aliphatic heterocycles. The summed E-state index contributed by atoms with van der Waals surface area (Å²) in [5, 5.41) is 0. The molecule has 2 N–H and O–H groups in total. The second kappa shape index (κ2) is 6.86. The standard InChI is InChI=1S/C15H20N4O/c1-2-18(12-14-5-3-4-8-17-14)9-10-19-11-13(16)6-7-15(19)20/h3-8,11H,2,9-10,12,16H2,1H3. The highest BCUT2D eigenvalue weighted by Gasteiger charge is 2.05. The van der Waals surface area contributed by atoms with Crippen molar-refractivity contribution in [2.24, 2.45) is 0 Å². The molecular formula is C15H20N4O. The Morgan fingerprint density at radius 3 is 2.85 bits per heavy atom. The molecule has 0 aliphatic carbocycles. The fraction of sp³-hybridized carbons (Fsp3) is 0.333. The van der Waals surface area contributed by atoms with Crippen LogP contribution in [0.3, 0.4) is 0 Å². The second-order valence-corrected chi connectivity index (χ2v) is 4.68. The molecule has 0 bridgehead atoms. The fourth-order valence-corrected chi connectivity index (χ4v) is 2.04. The Kier molecular flexibility index (Phi) is 4.90. The summed E-state index contributed by atoms with van der Waals surface area (Å²) < 4.78 is 1.65. The van der Waals surface area contributed by atoms with E-state index >= 15 is 0 Å². The van der Waals surface area contributed by atoms with Gasteiger partial charge in [-0.05, 0) is 24.7 Å². The first-order valence-corrected chi connectivity index (χ1v) is 6.77. The van der Waals surface area contributed by atoms with Crippen molar-refractivity contribution in [3.05, 3.63) is 58.8 Å². The van der Waals surface area contributed by atoms with Crippen molar-refractivity contribution in [2.45, 2.75) is 20.0 Å². The summed E-state index contributed by atoms with van der Waals surface area (Å²) in [6.45, 7) is 5.22. The Morgan fingerprint density at radius 2 is 2.15 bits per heavy atom. The van der Waals surface area contributed by atoms with Gasteiger partial charge in [0.15, 0.2) is 0 Å². The van der Waals surface area contributed by atoms with Gasteiger partial charge in [0, 0.05) is 43.8 Å². The van der Waals surface area contributed by atoms with Crippen LogP contribution < -0.4 is 11.3 Å². The van der Waals surface area contributed by atoms with E-state index < -0.39 is 0 Å². The molecule has 0 fully saturated rings. The van der Waals surface area contributed by atoms with E-state index in [2.05, 4.69) is 16.8 Å². The van der Waals surface area contributed by atoms with Gasteiger partial charge in [0.1, 0.15) is 0 Å². The summed E-state index contributed by atoms with van der Waals surface area (Å²) in [4.78, 5) is 18.3. The van der Waals surface area contributed by atoms with Gasteiger partial charge in [-0.3, -0.25) is 14.7 Å². The Labute approximate surface area is 118 Å². The lowest BCUT2D eigenvalue weighted by Crippen LogP contribution is -2.30. The number of anilines is 1. The molecule has 0 amide bonds. The maximum atomic E-state index is 11.7. The lowest BCUT2D eigenvalue weighted by Gasteiger charge is -2.20. The molecule has 2 aromatic rings. The van der Waals surface area contributed by atoms with Crippen LogP contribution in [0.1, 0.15) is 12.6 Å². The third-order valence-electron chi connectivity index (χ3n) is 3.22. The highest BCUT2D eigenvalue weighted by atomic mass is 16.1. The number of nitrogens with two attached hydrogens (primary N) is 1. The average Bonchev–Trinajstić information content (AvgIpc) is 2.47. The lowest BCUT2D eigenvalue weighted by molar-refractivity contribution is 0.264. The summed E-state index contributed by atoms with van der Waals surface area (Å²) in [6, 6.07) is 9.04. The molecule has 0 unspecified atom stereocenters. The number of nitrogens with zero attached hydrogens (tertiary/aromatic N) is 3. The third-order valence-corrected chi connectivity index (χ3v) is 3.22. The van der Waals surface area contributed by atoms with Gasteiger partial charge in [-0.25, -0.2) is 0 Å². The minimum atomic E-state index is -0.0203. The predicted molar refractivity (Wildman–Crippen MR) is 80.3 cm³/mol. The molecule has 106 valence electrons. The van der Waals surface area contributed by atoms with Crippen LogP contribution in [0, 0.1) is 0 Å². The number of nitrogen functional groups attached to an aromatic ring is 1. The summed E-state index contributed by atoms with van der Waals surface area (Å²) in [7, 11) is 0. The Hall–Kier alpha value is -2.14. The van der Waals surface area contributed by atoms with E-state index in [9.17, 15) is 4.79 Å². The molecule has 5 nitrogen and oxygen atoms in total. The van der Waals surface area contributed by atoms with E-state index in [4.69, 9.17) is 5.73 Å². The van der Waals surface area contributed by atoms with Gasteiger partial charge >= 0.3 is 0 Å². The second-order valence-electron chi connectivity index (χ2n) is 4.68. The zero-order valence-electron chi connectivity index (χ0n) is 11.7. The molecule has 0 aliphatic rings. The number of hydrogen-bond acceptors (Lipinski definition) is 4. The molecule has 5 heteroatoms. The quantitative estimate of drug-likeness (QED) is 0.862. The average molecular weight is 272 g/mol. The van der Waals surface area contributed by atoms with Crippen LogP contribution >= 0.6 is 0 Å². The maximum Gasteiger partial charge on any atom is 0.250 e. The van der Waals surface area contributed by atoms with Crippen molar-refractivity contribution < 1.29 is 0 Å². The van der Waals surface area contributed by atoms with E-state index in [0.29, 0.717) is 12.2 Å². The SMILES string of the molecule is CCN(CCn1cc(N)ccc1=O)Cc1ccccn1. The first kappa shape index (κ1) is 14.3. The molecule has 0 saturated heterocycles. The smallest absolute Gasteiger partial charge is 0.250 e. The molecule has 0 radical (unpaired) electrons. The van der Waals surface area contributed by atoms with Crippen LogP contribution in [0.4, 0.5) is 5.69 Å². The number of aromatic nitrogens is 2. The zero-order chi connectivity index (χ0) is 14.4. The van der Waals surface area contributed by atoms with Crippen molar-refractivity contribution >= 4 is 5.69 Å². The van der Waals surface area contributed by atoms with Gasteiger partial charge in [-0.15, -0.1) is 0 Å². The van der Waals surface area contributed by atoms with Crippen molar-refractivity contribution in [3.63, 3.8) is 0 Å². The molecule has 20 heavy (non-hydrogen) atoms. The van der Waals surface area contributed by atoms with Crippen LogP contribution in [-0.4, -0.2) is 27.5 Å². The summed E-state index contributed by atoms with van der Waals surface area (Å²) in [6.07, 6.45) is 3.49. The van der Waals surface area contributed by atoms with Gasteiger partial charge in [0.2, 0.25) is 0 Å². The van der Waals surface area contributed by atoms with Gasteiger partial charge in [0.05, 0.1) is 5.69 Å². The fourth-order valence-electron chi connectivity index (χ4n) is 2.04. The molecule has 2 aromatic heterocycles. The Balaban J connectivity index is 1.97. The van der Waals surface area contributed by atoms with Crippen LogP contribution in [-0.2, 0) is 13.1 Å². The van der Waals surface area contributed by atoms with Crippen LogP contribution in [0.15, 0.2) is 47.5 Å². The van der Waals surface area contributed by atoms with Crippen LogP contribution in [0.5, 0.6) is 0 Å². The van der Waals surface area contributed by atoms with Gasteiger partial charge in [-0.2, -0.15) is 0 Å². The molecule has 2 rings (SSSR count). The molecule has 0 spiro atoms. The summed E-state index contributed by atoms with van der Waals surface area (Å²) in [5.74, 6) is 0. The van der Waals surface area contributed by atoms with Crippen molar-refractivity contribution in [1.82, 2.24) is 14.5 Å². The minimum absolute atomic E-state index is 0.0203. The highest BCUT2D eigenvalue weighted by Crippen LogP contribution is 2.02. The summed E-state index contributed by atoms with van der Waals surface area (Å²) >= 11 is 0. The summed E-state index contributed by atoms with van der Waals surface area (Å²) in [5.41, 5.74) is 7.33. The molecule has 2 heterocycles. The number of pyridine rings is 2. The zero-order valence-corrected chi connectivity index (χ0v) is 11.7. The highest BCUT2D eigenvalue weighted by molar-refractivity contribution is 5.33. The van der Waals surface area contributed by atoms with Crippen LogP contribution in [0.25, 0.3) is 0 Å². The van der Waals surface area contributed by atoms with E-state index in [1.165, 1.54) is 6.07 Å². The molecular weight excluding hydrogens is 252 g/mol. The Bertz CT molecular complexity index is 594. The molecule has 0 atom stereocenters. The number of likely N-dealkylation sites (N-methyl/N-ethyl adjacent to an activating group) is 1. The minimum Gasteiger partial charge on any atom is -0.398 e. The van der Waals surface area contributed by atoms with Gasteiger partial charge in [0.25, 0.3) is 5.56 Å². The first-order chi connectivity index (χ1) is 9.69. The van der Waals surface area contributed by atoms with Crippen molar-refractivity contribution in [3.8, 4) is 0 Å². The topological polar surface area (TPSA) is 64.2 Å². The monoisotopic (exact) mass is 272 g/mol. The first-order valence-electron chi connectivity index (χ1n) is 6.77. The van der Waals surface area contributed by atoms with E-state index in [0.717, 1.165) is 25.3 Å². The van der Waals surface area contributed by atoms with Gasteiger partial charge in [-0.1, -0.05) is 13.0 Å². The lowest BCUT2D eigenvalue weighted by atomic mass is 10.3. The maximum absolute atomic E-state index is 11.7.